The van der Waals surface area contributed by atoms with Crippen LogP contribution >= 0.6 is 0 Å². The van der Waals surface area contributed by atoms with Gasteiger partial charge in [0.2, 0.25) is 0 Å². The standard InChI is InChI=1S/C12H20N2O6/c1-2-20-11(18)8-4-3-5-14(6-8)12(19)13-9(7-15)10(16)17/h8-9,15H,2-7H2,1H3,(H,13,19)(H,16,17)/t8?,9-/m0/s1. The van der Waals surface area contributed by atoms with Gasteiger partial charge in [-0.15, -0.1) is 0 Å². The number of carbonyl (C=O) groups is 3. The van der Waals surface area contributed by atoms with Gasteiger partial charge in [0, 0.05) is 13.1 Å². The maximum atomic E-state index is 11.9. The minimum atomic E-state index is -1.34. The quantitative estimate of drug-likeness (QED) is 0.583. The van der Waals surface area contributed by atoms with Crippen molar-refractivity contribution >= 4 is 18.0 Å². The van der Waals surface area contributed by atoms with E-state index in [9.17, 15) is 14.4 Å². The average molecular weight is 288 g/mol. The van der Waals surface area contributed by atoms with E-state index in [1.54, 1.807) is 6.92 Å². The zero-order valence-corrected chi connectivity index (χ0v) is 11.4. The summed E-state index contributed by atoms with van der Waals surface area (Å²) >= 11 is 0. The fourth-order valence-corrected chi connectivity index (χ4v) is 2.04. The van der Waals surface area contributed by atoms with Crippen molar-refractivity contribution in [3.8, 4) is 0 Å². The summed E-state index contributed by atoms with van der Waals surface area (Å²) < 4.78 is 4.92. The van der Waals surface area contributed by atoms with Crippen LogP contribution in [0.15, 0.2) is 0 Å². The Morgan fingerprint density at radius 1 is 1.45 bits per heavy atom. The summed E-state index contributed by atoms with van der Waals surface area (Å²) in [5.41, 5.74) is 0. The number of aliphatic carboxylic acids is 1. The summed E-state index contributed by atoms with van der Waals surface area (Å²) in [6.45, 7) is 1.95. The van der Waals surface area contributed by atoms with E-state index in [0.717, 1.165) is 0 Å². The highest BCUT2D eigenvalue weighted by Gasteiger charge is 2.30. The summed E-state index contributed by atoms with van der Waals surface area (Å²) in [5.74, 6) is -2.03. The molecule has 0 saturated carbocycles. The highest BCUT2D eigenvalue weighted by Crippen LogP contribution is 2.18. The van der Waals surface area contributed by atoms with Gasteiger partial charge in [0.05, 0.1) is 19.1 Å². The highest BCUT2D eigenvalue weighted by molar-refractivity contribution is 5.83. The number of carbonyl (C=O) groups excluding carboxylic acids is 2. The first-order chi connectivity index (χ1) is 9.49. The lowest BCUT2D eigenvalue weighted by Gasteiger charge is -2.32. The molecule has 1 heterocycles. The molecule has 0 aromatic heterocycles. The Labute approximate surface area is 116 Å². The molecule has 1 aliphatic heterocycles. The number of hydrogen-bond acceptors (Lipinski definition) is 5. The molecule has 1 saturated heterocycles. The molecular formula is C12H20N2O6. The maximum absolute atomic E-state index is 11.9. The molecule has 1 aliphatic rings. The minimum Gasteiger partial charge on any atom is -0.480 e. The van der Waals surface area contributed by atoms with E-state index >= 15 is 0 Å². The van der Waals surface area contributed by atoms with Crippen LogP contribution in [0.3, 0.4) is 0 Å². The molecule has 8 heteroatoms. The summed E-state index contributed by atoms with van der Waals surface area (Å²) in [4.78, 5) is 35.6. The van der Waals surface area contributed by atoms with E-state index in [2.05, 4.69) is 5.32 Å². The number of carboxylic acid groups (broad SMARTS) is 1. The van der Waals surface area contributed by atoms with E-state index in [1.807, 2.05) is 0 Å². The molecule has 0 aromatic rings. The second kappa shape index (κ2) is 7.68. The van der Waals surface area contributed by atoms with Gasteiger partial charge in [-0.3, -0.25) is 4.79 Å². The van der Waals surface area contributed by atoms with E-state index in [-0.39, 0.29) is 25.0 Å². The molecule has 3 N–H and O–H groups in total. The molecule has 0 aliphatic carbocycles. The van der Waals surface area contributed by atoms with Crippen LogP contribution in [0.25, 0.3) is 0 Å². The number of carboxylic acids is 1. The van der Waals surface area contributed by atoms with Crippen molar-refractivity contribution in [2.75, 3.05) is 26.3 Å². The van der Waals surface area contributed by atoms with Crippen molar-refractivity contribution in [2.24, 2.45) is 5.92 Å². The predicted octanol–water partition coefficient (Wildman–Crippen LogP) is -0.583. The van der Waals surface area contributed by atoms with Crippen LogP contribution in [0.2, 0.25) is 0 Å². The third-order valence-corrected chi connectivity index (χ3v) is 3.11. The van der Waals surface area contributed by atoms with Crippen LogP contribution in [0.1, 0.15) is 19.8 Å². The van der Waals surface area contributed by atoms with Crippen LogP contribution in [0.5, 0.6) is 0 Å². The monoisotopic (exact) mass is 288 g/mol. The molecule has 0 aromatic carbocycles. The topological polar surface area (TPSA) is 116 Å². The van der Waals surface area contributed by atoms with Gasteiger partial charge in [0.15, 0.2) is 6.04 Å². The molecule has 1 unspecified atom stereocenters. The first-order valence-corrected chi connectivity index (χ1v) is 6.55. The Morgan fingerprint density at radius 2 is 2.15 bits per heavy atom. The molecule has 0 radical (unpaired) electrons. The predicted molar refractivity (Wildman–Crippen MR) is 68.0 cm³/mol. The van der Waals surface area contributed by atoms with Crippen molar-refractivity contribution in [3.63, 3.8) is 0 Å². The Hall–Kier alpha value is -1.83. The number of nitrogens with zero attached hydrogens (tertiary/aromatic N) is 1. The number of urea groups is 1. The van der Waals surface area contributed by atoms with Crippen LogP contribution in [-0.2, 0) is 14.3 Å². The minimum absolute atomic E-state index is 0.197. The molecule has 114 valence electrons. The third-order valence-electron chi connectivity index (χ3n) is 3.11. The van der Waals surface area contributed by atoms with Gasteiger partial charge in [-0.1, -0.05) is 0 Å². The van der Waals surface area contributed by atoms with E-state index < -0.39 is 24.6 Å². The van der Waals surface area contributed by atoms with E-state index in [0.29, 0.717) is 19.4 Å². The number of rotatable bonds is 5. The second-order valence-electron chi connectivity index (χ2n) is 4.56. The lowest BCUT2D eigenvalue weighted by molar-refractivity contribution is -0.149. The zero-order valence-electron chi connectivity index (χ0n) is 11.4. The highest BCUT2D eigenvalue weighted by atomic mass is 16.5. The summed E-state index contributed by atoms with van der Waals surface area (Å²) in [6.07, 6.45) is 1.29. The fourth-order valence-electron chi connectivity index (χ4n) is 2.04. The number of esters is 1. The number of piperidine rings is 1. The molecule has 20 heavy (non-hydrogen) atoms. The van der Waals surface area contributed by atoms with Gasteiger partial charge in [-0.05, 0) is 19.8 Å². The zero-order chi connectivity index (χ0) is 15.1. The third kappa shape index (κ3) is 4.37. The number of ether oxygens (including phenoxy) is 1. The van der Waals surface area contributed by atoms with Gasteiger partial charge in [0.25, 0.3) is 0 Å². The van der Waals surface area contributed by atoms with Gasteiger partial charge >= 0.3 is 18.0 Å². The molecule has 2 amide bonds. The van der Waals surface area contributed by atoms with Gasteiger partial charge in [-0.2, -0.15) is 0 Å². The van der Waals surface area contributed by atoms with Crippen LogP contribution in [0, 0.1) is 5.92 Å². The number of hydrogen-bond donors (Lipinski definition) is 3. The van der Waals surface area contributed by atoms with Crippen molar-refractivity contribution < 1.29 is 29.3 Å². The normalized spacial score (nSPS) is 20.1. The second-order valence-corrected chi connectivity index (χ2v) is 4.56. The van der Waals surface area contributed by atoms with Crippen molar-refractivity contribution in [1.29, 1.82) is 0 Å². The Bertz CT molecular complexity index is 373. The molecule has 1 rings (SSSR count). The largest absolute Gasteiger partial charge is 0.480 e. The van der Waals surface area contributed by atoms with Crippen LogP contribution in [-0.4, -0.2) is 65.4 Å². The lowest BCUT2D eigenvalue weighted by Crippen LogP contribution is -2.52. The Morgan fingerprint density at radius 3 is 2.70 bits per heavy atom. The lowest BCUT2D eigenvalue weighted by atomic mass is 9.98. The summed E-state index contributed by atoms with van der Waals surface area (Å²) in [6, 6.07) is -1.94. The summed E-state index contributed by atoms with van der Waals surface area (Å²) in [7, 11) is 0. The molecular weight excluding hydrogens is 268 g/mol. The molecule has 2 atom stereocenters. The van der Waals surface area contributed by atoms with Crippen LogP contribution in [0.4, 0.5) is 4.79 Å². The SMILES string of the molecule is CCOC(=O)C1CCCN(C(=O)N[C@@H](CO)C(=O)O)C1. The average Bonchev–Trinajstić information content (AvgIpc) is 2.44. The van der Waals surface area contributed by atoms with Crippen molar-refractivity contribution in [3.05, 3.63) is 0 Å². The summed E-state index contributed by atoms with van der Waals surface area (Å²) in [5, 5.41) is 19.8. The van der Waals surface area contributed by atoms with E-state index in [1.165, 1.54) is 4.90 Å². The smallest absolute Gasteiger partial charge is 0.328 e. The van der Waals surface area contributed by atoms with E-state index in [4.69, 9.17) is 14.9 Å². The Balaban J connectivity index is 2.55. The molecule has 8 nitrogen and oxygen atoms in total. The first kappa shape index (κ1) is 16.2. The number of aliphatic hydroxyl groups excluding tert-OH is 1. The Kier molecular flexibility index (Phi) is 6.23. The van der Waals surface area contributed by atoms with Crippen molar-refractivity contribution in [2.45, 2.75) is 25.8 Å². The number of amides is 2. The number of nitrogens with one attached hydrogen (secondary N) is 1. The molecule has 0 bridgehead atoms. The van der Waals surface area contributed by atoms with Crippen molar-refractivity contribution in [1.82, 2.24) is 10.2 Å². The number of likely N-dealkylation sites (tertiary alicyclic amines) is 1. The fraction of sp³-hybridized carbons (Fsp3) is 0.750. The molecule has 0 spiro atoms. The van der Waals surface area contributed by atoms with Crippen LogP contribution < -0.4 is 5.32 Å². The number of aliphatic hydroxyl groups is 1. The first-order valence-electron chi connectivity index (χ1n) is 6.55. The van der Waals surface area contributed by atoms with Gasteiger partial charge in [-0.25, -0.2) is 9.59 Å². The maximum Gasteiger partial charge on any atom is 0.328 e. The molecule has 1 fully saturated rings. The van der Waals surface area contributed by atoms with Gasteiger partial charge in [0.1, 0.15) is 0 Å². The van der Waals surface area contributed by atoms with Gasteiger partial charge < -0.3 is 25.2 Å².